The van der Waals surface area contributed by atoms with E-state index in [-0.39, 0.29) is 5.09 Å². The molecule has 0 atom stereocenters. The molecule has 1 aromatic rings. The average Bonchev–Trinajstić information content (AvgIpc) is 2.11. The van der Waals surface area contributed by atoms with Crippen LogP contribution in [0.5, 0.6) is 0 Å². The van der Waals surface area contributed by atoms with Crippen LogP contribution in [0.15, 0.2) is 15.8 Å². The predicted octanol–water partition coefficient (Wildman–Crippen LogP) is 1.30. The third-order valence-corrected chi connectivity index (χ3v) is 2.65. The molecule has 0 unspecified atom stereocenters. The largest absolute Gasteiger partial charge is 0.452 e. The molecule has 1 aromatic heterocycles. The highest BCUT2D eigenvalue weighted by atomic mass is 32.2. The minimum Gasteiger partial charge on any atom is -0.452 e. The van der Waals surface area contributed by atoms with Gasteiger partial charge in [-0.1, -0.05) is 0 Å². The molecule has 0 bridgehead atoms. The first-order valence-corrected chi connectivity index (χ1v) is 5.07. The van der Waals surface area contributed by atoms with Gasteiger partial charge in [0.25, 0.3) is 0 Å². The number of sulfone groups is 1. The summed E-state index contributed by atoms with van der Waals surface area (Å²) in [7, 11) is -3.18. The zero-order valence-electron chi connectivity index (χ0n) is 6.71. The molecule has 0 saturated carbocycles. The quantitative estimate of drug-likeness (QED) is 0.644. The maximum absolute atomic E-state index is 11.0. The standard InChI is InChI=1S/C7H10O3S/c1-5-4-10-7(6(5)2)11(3,8)9/h4H,1-3H3. The van der Waals surface area contributed by atoms with E-state index in [4.69, 9.17) is 4.42 Å². The van der Waals surface area contributed by atoms with Gasteiger partial charge in [0.1, 0.15) is 0 Å². The van der Waals surface area contributed by atoms with Gasteiger partial charge in [-0.15, -0.1) is 0 Å². The Bertz CT molecular complexity index is 359. The molecule has 1 rings (SSSR count). The van der Waals surface area contributed by atoms with E-state index in [0.717, 1.165) is 11.8 Å². The second kappa shape index (κ2) is 2.37. The Labute approximate surface area is 65.9 Å². The van der Waals surface area contributed by atoms with Gasteiger partial charge in [-0.25, -0.2) is 8.42 Å². The summed E-state index contributed by atoms with van der Waals surface area (Å²) in [6, 6.07) is 0. The van der Waals surface area contributed by atoms with Crippen LogP contribution in [-0.2, 0) is 9.84 Å². The first-order valence-electron chi connectivity index (χ1n) is 3.17. The van der Waals surface area contributed by atoms with Crippen LogP contribution >= 0.6 is 0 Å². The van der Waals surface area contributed by atoms with Crippen molar-refractivity contribution in [3.63, 3.8) is 0 Å². The molecule has 0 amide bonds. The fourth-order valence-corrected chi connectivity index (χ4v) is 1.79. The number of rotatable bonds is 1. The van der Waals surface area contributed by atoms with Gasteiger partial charge in [0, 0.05) is 11.8 Å². The summed E-state index contributed by atoms with van der Waals surface area (Å²) in [5, 5.41) is 0.0787. The zero-order valence-corrected chi connectivity index (χ0v) is 7.53. The van der Waals surface area contributed by atoms with Crippen molar-refractivity contribution in [3.05, 3.63) is 17.4 Å². The van der Waals surface area contributed by atoms with E-state index < -0.39 is 9.84 Å². The van der Waals surface area contributed by atoms with Crippen molar-refractivity contribution in [1.29, 1.82) is 0 Å². The second-order valence-electron chi connectivity index (χ2n) is 2.60. The van der Waals surface area contributed by atoms with Crippen molar-refractivity contribution in [1.82, 2.24) is 0 Å². The Morgan fingerprint density at radius 3 is 2.09 bits per heavy atom. The van der Waals surface area contributed by atoms with Crippen LogP contribution in [0.25, 0.3) is 0 Å². The molecule has 0 saturated heterocycles. The topological polar surface area (TPSA) is 47.3 Å². The molecular weight excluding hydrogens is 164 g/mol. The van der Waals surface area contributed by atoms with E-state index in [1.54, 1.807) is 6.92 Å². The lowest BCUT2D eigenvalue weighted by Crippen LogP contribution is -1.96. The molecule has 0 aliphatic carbocycles. The van der Waals surface area contributed by atoms with Crippen LogP contribution in [-0.4, -0.2) is 14.7 Å². The molecule has 4 heteroatoms. The van der Waals surface area contributed by atoms with Crippen molar-refractivity contribution in [3.8, 4) is 0 Å². The summed E-state index contributed by atoms with van der Waals surface area (Å²) in [4.78, 5) is 0. The SMILES string of the molecule is Cc1coc(S(C)(=O)=O)c1C. The van der Waals surface area contributed by atoms with Gasteiger partial charge in [-0.2, -0.15) is 0 Å². The molecule has 0 spiro atoms. The summed E-state index contributed by atoms with van der Waals surface area (Å²) in [6.07, 6.45) is 2.59. The van der Waals surface area contributed by atoms with E-state index in [9.17, 15) is 8.42 Å². The first-order chi connectivity index (χ1) is 4.93. The predicted molar refractivity (Wildman–Crippen MR) is 41.3 cm³/mol. The van der Waals surface area contributed by atoms with E-state index in [1.807, 2.05) is 6.92 Å². The van der Waals surface area contributed by atoms with Crippen molar-refractivity contribution >= 4 is 9.84 Å². The Morgan fingerprint density at radius 2 is 1.91 bits per heavy atom. The fraction of sp³-hybridized carbons (Fsp3) is 0.429. The highest BCUT2D eigenvalue weighted by Gasteiger charge is 2.15. The summed E-state index contributed by atoms with van der Waals surface area (Å²) in [5.74, 6) is 0. The van der Waals surface area contributed by atoms with Crippen molar-refractivity contribution in [2.75, 3.05) is 6.26 Å². The van der Waals surface area contributed by atoms with E-state index in [2.05, 4.69) is 0 Å². The van der Waals surface area contributed by atoms with Crippen molar-refractivity contribution < 1.29 is 12.8 Å². The summed E-state index contributed by atoms with van der Waals surface area (Å²) < 4.78 is 26.8. The third-order valence-electron chi connectivity index (χ3n) is 1.58. The Balaban J connectivity index is 3.38. The summed E-state index contributed by atoms with van der Waals surface area (Å²) in [5.41, 5.74) is 1.57. The Kier molecular flexibility index (Phi) is 1.80. The fourth-order valence-electron chi connectivity index (χ4n) is 0.845. The molecule has 11 heavy (non-hydrogen) atoms. The second-order valence-corrected chi connectivity index (χ2v) is 4.52. The van der Waals surface area contributed by atoms with Crippen LogP contribution in [0.2, 0.25) is 0 Å². The smallest absolute Gasteiger partial charge is 0.220 e. The van der Waals surface area contributed by atoms with Crippen LogP contribution in [0, 0.1) is 13.8 Å². The lowest BCUT2D eigenvalue weighted by Gasteiger charge is -1.92. The molecule has 0 aliphatic rings. The monoisotopic (exact) mass is 174 g/mol. The van der Waals surface area contributed by atoms with E-state index in [1.165, 1.54) is 6.26 Å². The van der Waals surface area contributed by atoms with Crippen LogP contribution < -0.4 is 0 Å². The average molecular weight is 174 g/mol. The summed E-state index contributed by atoms with van der Waals surface area (Å²) in [6.45, 7) is 3.54. The Hall–Kier alpha value is -0.770. The highest BCUT2D eigenvalue weighted by Crippen LogP contribution is 2.19. The van der Waals surface area contributed by atoms with Gasteiger partial charge in [0.15, 0.2) is 0 Å². The lowest BCUT2D eigenvalue weighted by atomic mass is 10.2. The van der Waals surface area contributed by atoms with Gasteiger partial charge >= 0.3 is 0 Å². The maximum Gasteiger partial charge on any atom is 0.220 e. The molecular formula is C7H10O3S. The molecule has 1 heterocycles. The number of hydrogen-bond donors (Lipinski definition) is 0. The molecule has 0 aliphatic heterocycles. The first kappa shape index (κ1) is 8.33. The van der Waals surface area contributed by atoms with Gasteiger partial charge in [0.2, 0.25) is 14.9 Å². The normalized spacial score (nSPS) is 11.9. The lowest BCUT2D eigenvalue weighted by molar-refractivity contribution is 0.448. The molecule has 3 nitrogen and oxygen atoms in total. The van der Waals surface area contributed by atoms with Crippen molar-refractivity contribution in [2.45, 2.75) is 18.9 Å². The van der Waals surface area contributed by atoms with E-state index in [0.29, 0.717) is 5.56 Å². The van der Waals surface area contributed by atoms with Gasteiger partial charge in [-0.05, 0) is 19.4 Å². The number of hydrogen-bond acceptors (Lipinski definition) is 3. The van der Waals surface area contributed by atoms with Gasteiger partial charge in [0.05, 0.1) is 6.26 Å². The van der Waals surface area contributed by atoms with Crippen LogP contribution in [0.3, 0.4) is 0 Å². The van der Waals surface area contributed by atoms with Crippen LogP contribution in [0.4, 0.5) is 0 Å². The molecule has 0 fully saturated rings. The van der Waals surface area contributed by atoms with Crippen molar-refractivity contribution in [2.24, 2.45) is 0 Å². The van der Waals surface area contributed by atoms with Gasteiger partial charge in [-0.3, -0.25) is 0 Å². The number of furan rings is 1. The summed E-state index contributed by atoms with van der Waals surface area (Å²) >= 11 is 0. The molecule has 0 radical (unpaired) electrons. The molecule has 0 N–H and O–H groups in total. The molecule has 62 valence electrons. The number of aryl methyl sites for hydroxylation is 1. The van der Waals surface area contributed by atoms with Crippen LogP contribution in [0.1, 0.15) is 11.1 Å². The molecule has 0 aromatic carbocycles. The van der Waals surface area contributed by atoms with Gasteiger partial charge < -0.3 is 4.42 Å². The third kappa shape index (κ3) is 1.45. The maximum atomic E-state index is 11.0. The minimum atomic E-state index is -3.18. The minimum absolute atomic E-state index is 0.0787. The zero-order chi connectivity index (χ0) is 8.65. The highest BCUT2D eigenvalue weighted by molar-refractivity contribution is 7.90. The Morgan fingerprint density at radius 1 is 1.36 bits per heavy atom. The van der Waals surface area contributed by atoms with E-state index >= 15 is 0 Å².